The molecule has 144 valence electrons. The summed E-state index contributed by atoms with van der Waals surface area (Å²) < 4.78 is 44.3. The molecule has 28 heavy (non-hydrogen) atoms. The molecule has 0 unspecified atom stereocenters. The summed E-state index contributed by atoms with van der Waals surface area (Å²) in [7, 11) is 0. The Morgan fingerprint density at radius 3 is 2.68 bits per heavy atom. The Morgan fingerprint density at radius 2 is 1.82 bits per heavy atom. The number of furan rings is 1. The lowest BCUT2D eigenvalue weighted by molar-refractivity contribution is -0.137. The number of halogens is 3. The van der Waals surface area contributed by atoms with Crippen LogP contribution in [0.15, 0.2) is 71.3 Å². The largest absolute Gasteiger partial charge is 0.460 e. The summed E-state index contributed by atoms with van der Waals surface area (Å²) in [4.78, 5) is 3.26. The molecule has 2 N–H and O–H groups in total. The van der Waals surface area contributed by atoms with Crippen LogP contribution in [0.2, 0.25) is 0 Å². The van der Waals surface area contributed by atoms with Crippen molar-refractivity contribution in [3.05, 3.63) is 83.7 Å². The van der Waals surface area contributed by atoms with Crippen LogP contribution in [0, 0.1) is 0 Å². The molecule has 0 fully saturated rings. The maximum Gasteiger partial charge on any atom is 0.416 e. The number of fused-ring (bicyclic) bond motifs is 1. The van der Waals surface area contributed by atoms with Gasteiger partial charge in [0.1, 0.15) is 11.5 Å². The van der Waals surface area contributed by atoms with E-state index in [0.717, 1.165) is 30.6 Å². The van der Waals surface area contributed by atoms with Crippen LogP contribution in [0.5, 0.6) is 0 Å². The number of benzene rings is 2. The Morgan fingerprint density at radius 1 is 0.964 bits per heavy atom. The van der Waals surface area contributed by atoms with E-state index in [9.17, 15) is 13.2 Å². The van der Waals surface area contributed by atoms with Crippen LogP contribution in [-0.4, -0.2) is 11.5 Å². The van der Waals surface area contributed by atoms with Gasteiger partial charge in [0.2, 0.25) is 0 Å². The molecule has 0 aliphatic carbocycles. The fourth-order valence-corrected chi connectivity index (χ4v) is 3.25. The quantitative estimate of drug-likeness (QED) is 0.414. The number of hydrogen-bond acceptors (Lipinski definition) is 2. The van der Waals surface area contributed by atoms with Gasteiger partial charge in [0, 0.05) is 22.7 Å². The van der Waals surface area contributed by atoms with E-state index in [1.807, 2.05) is 24.4 Å². The zero-order valence-corrected chi connectivity index (χ0v) is 15.0. The van der Waals surface area contributed by atoms with Gasteiger partial charge in [-0.15, -0.1) is 0 Å². The lowest BCUT2D eigenvalue weighted by atomic mass is 10.1. The number of alkyl halides is 3. The average Bonchev–Trinajstić information content (AvgIpc) is 3.32. The van der Waals surface area contributed by atoms with Gasteiger partial charge < -0.3 is 14.7 Å². The molecule has 2 aromatic carbocycles. The van der Waals surface area contributed by atoms with Crippen molar-refractivity contribution in [2.75, 3.05) is 6.54 Å². The molecule has 0 atom stereocenters. The topological polar surface area (TPSA) is 41.0 Å². The van der Waals surface area contributed by atoms with Crippen LogP contribution in [0.1, 0.15) is 16.9 Å². The molecule has 0 spiro atoms. The van der Waals surface area contributed by atoms with E-state index in [2.05, 4.69) is 16.4 Å². The highest BCUT2D eigenvalue weighted by Gasteiger charge is 2.30. The molecule has 6 heteroatoms. The summed E-state index contributed by atoms with van der Waals surface area (Å²) in [5.41, 5.74) is 2.10. The molecule has 0 bridgehead atoms. The average molecular weight is 384 g/mol. The van der Waals surface area contributed by atoms with E-state index in [-0.39, 0.29) is 0 Å². The Kier molecular flexibility index (Phi) is 4.96. The number of H-pyrrole nitrogens is 1. The second-order valence-corrected chi connectivity index (χ2v) is 6.63. The van der Waals surface area contributed by atoms with Crippen molar-refractivity contribution in [3.8, 4) is 11.3 Å². The summed E-state index contributed by atoms with van der Waals surface area (Å²) in [6, 6.07) is 16.8. The first-order valence-corrected chi connectivity index (χ1v) is 9.03. The van der Waals surface area contributed by atoms with Crippen molar-refractivity contribution in [2.45, 2.75) is 19.1 Å². The lowest BCUT2D eigenvalue weighted by Crippen LogP contribution is -2.16. The molecule has 2 aromatic heterocycles. The normalized spacial score (nSPS) is 12.0. The Balaban J connectivity index is 1.35. The van der Waals surface area contributed by atoms with Gasteiger partial charge in [-0.1, -0.05) is 30.3 Å². The highest BCUT2D eigenvalue weighted by Crippen LogP contribution is 2.32. The van der Waals surface area contributed by atoms with Crippen molar-refractivity contribution >= 4 is 10.9 Å². The summed E-state index contributed by atoms with van der Waals surface area (Å²) in [6.07, 6.45) is -1.48. The number of nitrogens with one attached hydrogen (secondary N) is 2. The highest BCUT2D eigenvalue weighted by atomic mass is 19.4. The molecule has 0 saturated carbocycles. The Hall–Kier alpha value is -2.99. The van der Waals surface area contributed by atoms with E-state index < -0.39 is 11.7 Å². The first kappa shape index (κ1) is 18.4. The zero-order chi connectivity index (χ0) is 19.6. The third kappa shape index (κ3) is 3.97. The maximum absolute atomic E-state index is 12.9. The monoisotopic (exact) mass is 384 g/mol. The maximum atomic E-state index is 12.9. The third-order valence-corrected chi connectivity index (χ3v) is 4.68. The Labute approximate surface area is 160 Å². The summed E-state index contributed by atoms with van der Waals surface area (Å²) in [5.74, 6) is 1.12. The molecule has 4 aromatic rings. The second kappa shape index (κ2) is 7.56. The van der Waals surface area contributed by atoms with Crippen molar-refractivity contribution in [1.29, 1.82) is 0 Å². The highest BCUT2D eigenvalue weighted by molar-refractivity contribution is 5.83. The number of hydrogen-bond donors (Lipinski definition) is 2. The van der Waals surface area contributed by atoms with E-state index >= 15 is 0 Å². The molecule has 0 aliphatic rings. The molecule has 4 rings (SSSR count). The minimum Gasteiger partial charge on any atom is -0.460 e. The molecule has 2 heterocycles. The van der Waals surface area contributed by atoms with Gasteiger partial charge in [-0.05, 0) is 48.9 Å². The van der Waals surface area contributed by atoms with Crippen LogP contribution in [0.3, 0.4) is 0 Å². The van der Waals surface area contributed by atoms with Gasteiger partial charge in [-0.25, -0.2) is 0 Å². The van der Waals surface area contributed by atoms with Crippen molar-refractivity contribution in [1.82, 2.24) is 10.3 Å². The number of aromatic nitrogens is 1. The van der Waals surface area contributed by atoms with Crippen molar-refractivity contribution in [2.24, 2.45) is 0 Å². The Bertz CT molecular complexity index is 1080. The fraction of sp³-hybridized carbons (Fsp3) is 0.182. The van der Waals surface area contributed by atoms with Crippen molar-refractivity contribution < 1.29 is 17.6 Å². The predicted octanol–water partition coefficient (Wildman–Crippen LogP) is 5.78. The molecule has 0 saturated heterocycles. The number of aromatic amines is 1. The van der Waals surface area contributed by atoms with E-state index in [1.165, 1.54) is 17.0 Å². The predicted molar refractivity (Wildman–Crippen MR) is 103 cm³/mol. The summed E-state index contributed by atoms with van der Waals surface area (Å²) >= 11 is 0. The minimum atomic E-state index is -4.37. The van der Waals surface area contributed by atoms with Gasteiger partial charge in [0.15, 0.2) is 0 Å². The molecular weight excluding hydrogens is 365 g/mol. The number of rotatable bonds is 6. The van der Waals surface area contributed by atoms with Crippen molar-refractivity contribution in [3.63, 3.8) is 0 Å². The molecule has 0 radical (unpaired) electrons. The van der Waals surface area contributed by atoms with Gasteiger partial charge >= 0.3 is 6.18 Å². The second-order valence-electron chi connectivity index (χ2n) is 6.63. The zero-order valence-electron chi connectivity index (χ0n) is 15.0. The third-order valence-electron chi connectivity index (χ3n) is 4.68. The summed E-state index contributed by atoms with van der Waals surface area (Å²) in [5, 5.41) is 4.53. The molecule has 3 nitrogen and oxygen atoms in total. The van der Waals surface area contributed by atoms with Gasteiger partial charge in [-0.2, -0.15) is 13.2 Å². The standard InChI is InChI=1S/C22H19F3N2O/c23-22(24,25)17-5-3-4-15(12-17)21-9-8-18(28-21)14-26-11-10-16-13-27-20-7-2-1-6-19(16)20/h1-9,12-13,26-27H,10-11,14H2. The summed E-state index contributed by atoms with van der Waals surface area (Å²) in [6.45, 7) is 1.28. The van der Waals surface area contributed by atoms with Gasteiger partial charge in [0.25, 0.3) is 0 Å². The van der Waals surface area contributed by atoms with Crippen LogP contribution in [0.4, 0.5) is 13.2 Å². The van der Waals surface area contributed by atoms with Gasteiger partial charge in [-0.3, -0.25) is 0 Å². The first-order chi connectivity index (χ1) is 13.5. The lowest BCUT2D eigenvalue weighted by Gasteiger charge is -2.07. The number of para-hydroxylation sites is 1. The van der Waals surface area contributed by atoms with Crippen LogP contribution >= 0.6 is 0 Å². The van der Waals surface area contributed by atoms with E-state index in [0.29, 0.717) is 23.6 Å². The van der Waals surface area contributed by atoms with E-state index in [1.54, 1.807) is 18.2 Å². The van der Waals surface area contributed by atoms with Crippen LogP contribution < -0.4 is 5.32 Å². The molecule has 0 aliphatic heterocycles. The molecule has 0 amide bonds. The minimum absolute atomic E-state index is 0.417. The van der Waals surface area contributed by atoms with Crippen LogP contribution in [0.25, 0.3) is 22.2 Å². The fourth-order valence-electron chi connectivity index (χ4n) is 3.25. The van der Waals surface area contributed by atoms with Gasteiger partial charge in [0.05, 0.1) is 12.1 Å². The first-order valence-electron chi connectivity index (χ1n) is 9.03. The van der Waals surface area contributed by atoms with Crippen LogP contribution in [-0.2, 0) is 19.1 Å². The molecular formula is C22H19F3N2O. The van der Waals surface area contributed by atoms with E-state index in [4.69, 9.17) is 4.42 Å². The smallest absolute Gasteiger partial charge is 0.416 e. The SMILES string of the molecule is FC(F)(F)c1cccc(-c2ccc(CNCCc3c[nH]c4ccccc34)o2)c1.